The summed E-state index contributed by atoms with van der Waals surface area (Å²) >= 11 is 0. The largest absolute Gasteiger partial charge is 0.472 e. The highest BCUT2D eigenvalue weighted by Gasteiger charge is 2.30. The molecule has 0 amide bonds. The second kappa shape index (κ2) is 71.3. The third-order valence-corrected chi connectivity index (χ3v) is 16.0. The predicted octanol–water partition coefficient (Wildman–Crippen LogP) is 21.0. The van der Waals surface area contributed by atoms with Gasteiger partial charge in [0.05, 0.1) is 39.3 Å². The van der Waals surface area contributed by atoms with Crippen LogP contribution in [0, 0.1) is 0 Å². The summed E-state index contributed by atoms with van der Waals surface area (Å²) in [6, 6.07) is 0. The molecule has 0 aromatic rings. The third-order valence-electron chi connectivity index (χ3n) is 14.1. The second-order valence-electron chi connectivity index (χ2n) is 23.4. The van der Waals surface area contributed by atoms with E-state index in [1.54, 1.807) is 12.2 Å². The molecular formula is C81H126O17P2. The van der Waals surface area contributed by atoms with Gasteiger partial charge in [-0.05, 0) is 148 Å². The van der Waals surface area contributed by atoms with Crippen molar-refractivity contribution in [3.63, 3.8) is 0 Å². The van der Waals surface area contributed by atoms with Crippen LogP contribution in [-0.2, 0) is 65.4 Å². The number of esters is 4. The molecular weight excluding hydrogens is 1310 g/mol. The van der Waals surface area contributed by atoms with Gasteiger partial charge in [-0.1, -0.05) is 254 Å². The number of allylic oxidation sites excluding steroid dienone is 30. The van der Waals surface area contributed by atoms with Crippen molar-refractivity contribution in [3.05, 3.63) is 194 Å². The first-order valence-corrected chi connectivity index (χ1v) is 39.7. The number of carbonyl (C=O) groups is 4. The number of ether oxygens (including phenoxy) is 4. The molecule has 5 atom stereocenters. The molecule has 0 fully saturated rings. The molecule has 0 saturated carbocycles. The lowest BCUT2D eigenvalue weighted by Crippen LogP contribution is -2.30. The highest BCUT2D eigenvalue weighted by molar-refractivity contribution is 7.47. The van der Waals surface area contributed by atoms with Crippen molar-refractivity contribution < 1.29 is 80.2 Å². The van der Waals surface area contributed by atoms with Crippen LogP contribution in [0.3, 0.4) is 0 Å². The molecule has 0 spiro atoms. The maximum atomic E-state index is 13.1. The van der Waals surface area contributed by atoms with Crippen molar-refractivity contribution in [2.45, 2.75) is 251 Å². The standard InChI is InChI=1S/C81H126O17P2/c1-5-9-13-17-21-25-29-33-37-41-45-49-53-57-61-65-78(83)91-71-76(97-80(85)67-63-59-55-51-47-43-39-35-31-27-23-19-15-11-7-3)73-95-99(87,88)93-69-75(82)70-94-100(89,90)96-74-77(98-81(86)68-64-60-56-52-48-44-40-36-32-28-24-20-16-12-8-4)72-92-79(84)66-62-58-54-50-46-42-38-34-30-26-22-18-14-10-6-2/h9-11,13-15,21-28,33-40,45-47,49-51,57-58,61-62,75-77,82H,5-8,12,16-20,29-32,41-44,48,52-56,59-60,63-74H2,1-4H3,(H,87,88)(H,89,90)/b13-9-,14-10-,15-11-,25-21-,26-22-,27-23-,28-24-,37-33-,38-34-,39-35-,40-36-,49-45-,50-46-,51-47-,61-57-,62-58-. The molecule has 0 aliphatic heterocycles. The molecule has 0 aliphatic rings. The first kappa shape index (κ1) is 93.9. The molecule has 0 aromatic heterocycles. The average molecular weight is 1430 g/mol. The molecule has 100 heavy (non-hydrogen) atoms. The van der Waals surface area contributed by atoms with Crippen LogP contribution in [0.2, 0.25) is 0 Å². The van der Waals surface area contributed by atoms with Crippen molar-refractivity contribution in [1.29, 1.82) is 0 Å². The summed E-state index contributed by atoms with van der Waals surface area (Å²) in [5.74, 6) is -2.56. The molecule has 562 valence electrons. The van der Waals surface area contributed by atoms with E-state index in [-0.39, 0.29) is 25.7 Å². The summed E-state index contributed by atoms with van der Waals surface area (Å²) in [7, 11) is -10.0. The van der Waals surface area contributed by atoms with E-state index in [2.05, 4.69) is 167 Å². The summed E-state index contributed by atoms with van der Waals surface area (Å²) in [6.45, 7) is 4.14. The second-order valence-corrected chi connectivity index (χ2v) is 26.3. The van der Waals surface area contributed by atoms with E-state index < -0.39 is 97.5 Å². The molecule has 0 heterocycles. The van der Waals surface area contributed by atoms with Gasteiger partial charge in [0.15, 0.2) is 12.2 Å². The van der Waals surface area contributed by atoms with Crippen molar-refractivity contribution >= 4 is 39.5 Å². The molecule has 0 bridgehead atoms. The van der Waals surface area contributed by atoms with Gasteiger partial charge in [-0.2, -0.15) is 0 Å². The Morgan fingerprint density at radius 3 is 0.870 bits per heavy atom. The van der Waals surface area contributed by atoms with Gasteiger partial charge in [-0.25, -0.2) is 9.13 Å². The normalized spacial score (nSPS) is 15.1. The van der Waals surface area contributed by atoms with Crippen molar-refractivity contribution in [1.82, 2.24) is 0 Å². The lowest BCUT2D eigenvalue weighted by atomic mass is 10.1. The number of rotatable bonds is 66. The third kappa shape index (κ3) is 70.3. The maximum absolute atomic E-state index is 13.1. The summed E-state index contributed by atoms with van der Waals surface area (Å²) in [5.41, 5.74) is 0. The van der Waals surface area contributed by atoms with E-state index >= 15 is 0 Å². The van der Waals surface area contributed by atoms with Crippen molar-refractivity contribution in [2.24, 2.45) is 0 Å². The summed E-state index contributed by atoms with van der Waals surface area (Å²) in [6.07, 6.45) is 86.4. The maximum Gasteiger partial charge on any atom is 0.472 e. The molecule has 0 radical (unpaired) electrons. The Morgan fingerprint density at radius 1 is 0.300 bits per heavy atom. The molecule has 19 heteroatoms. The van der Waals surface area contributed by atoms with Crippen LogP contribution >= 0.6 is 15.6 Å². The van der Waals surface area contributed by atoms with Crippen LogP contribution in [-0.4, -0.2) is 96.7 Å². The summed E-state index contributed by atoms with van der Waals surface area (Å²) < 4.78 is 68.1. The number of unbranched alkanes of at least 4 members (excludes halogenated alkanes) is 10. The number of hydrogen-bond donors (Lipinski definition) is 3. The van der Waals surface area contributed by atoms with Gasteiger partial charge in [0.1, 0.15) is 19.3 Å². The van der Waals surface area contributed by atoms with Crippen LogP contribution in [0.25, 0.3) is 0 Å². The van der Waals surface area contributed by atoms with E-state index in [0.717, 1.165) is 128 Å². The number of hydrogen-bond acceptors (Lipinski definition) is 15. The minimum Gasteiger partial charge on any atom is -0.461 e. The van der Waals surface area contributed by atoms with Gasteiger partial charge in [-0.15, -0.1) is 0 Å². The van der Waals surface area contributed by atoms with Gasteiger partial charge >= 0.3 is 39.5 Å². The van der Waals surface area contributed by atoms with Gasteiger partial charge in [0, 0.05) is 12.8 Å². The van der Waals surface area contributed by atoms with E-state index in [0.29, 0.717) is 32.1 Å². The Bertz CT molecular complexity index is 2670. The SMILES string of the molecule is CC/C=C\C/C=C\C/C=C\C/C=C\C/C=C\CC(=O)OCC(COP(=O)(O)OCC(O)COP(=O)(O)OCC(COC(=O)C/C=C\C/C=C\C/C=C\C/C=C\C/C=C\CC)OC(=O)CCCCCCC/C=C\C/C=C\CCCCC)OC(=O)CCCC/C=C\C/C=C\C/C=C\C/C=C\CC. The van der Waals surface area contributed by atoms with E-state index in [1.165, 1.54) is 19.3 Å². The first-order chi connectivity index (χ1) is 48.7. The highest BCUT2D eigenvalue weighted by atomic mass is 31.2. The minimum atomic E-state index is -5.02. The van der Waals surface area contributed by atoms with Crippen LogP contribution < -0.4 is 0 Å². The lowest BCUT2D eigenvalue weighted by Gasteiger charge is -2.21. The first-order valence-electron chi connectivity index (χ1n) is 36.7. The zero-order valence-electron chi connectivity index (χ0n) is 61.0. The predicted molar refractivity (Wildman–Crippen MR) is 408 cm³/mol. The molecule has 0 aliphatic carbocycles. The van der Waals surface area contributed by atoms with Gasteiger partial charge in [0.2, 0.25) is 0 Å². The number of carbonyl (C=O) groups excluding carboxylic acids is 4. The average Bonchev–Trinajstić information content (AvgIpc) is 1.01. The van der Waals surface area contributed by atoms with Crippen molar-refractivity contribution in [3.8, 4) is 0 Å². The highest BCUT2D eigenvalue weighted by Crippen LogP contribution is 2.45. The fraction of sp³-hybridized carbons (Fsp3) is 0.556. The van der Waals surface area contributed by atoms with Crippen LogP contribution in [0.4, 0.5) is 0 Å². The minimum absolute atomic E-state index is 0.0125. The zero-order valence-corrected chi connectivity index (χ0v) is 62.8. The van der Waals surface area contributed by atoms with Crippen LogP contribution in [0.1, 0.15) is 233 Å². The van der Waals surface area contributed by atoms with Gasteiger partial charge in [-0.3, -0.25) is 37.3 Å². The topological polar surface area (TPSA) is 237 Å². The van der Waals surface area contributed by atoms with E-state index in [9.17, 15) is 43.2 Å². The van der Waals surface area contributed by atoms with Gasteiger partial charge < -0.3 is 33.8 Å². The van der Waals surface area contributed by atoms with E-state index in [1.807, 2.05) is 42.5 Å². The number of phosphoric acid groups is 2. The van der Waals surface area contributed by atoms with Crippen LogP contribution in [0.15, 0.2) is 194 Å². The molecule has 17 nitrogen and oxygen atoms in total. The Balaban J connectivity index is 5.57. The molecule has 3 N–H and O–H groups in total. The molecule has 5 unspecified atom stereocenters. The fourth-order valence-electron chi connectivity index (χ4n) is 8.62. The Labute approximate surface area is 602 Å². The van der Waals surface area contributed by atoms with Gasteiger partial charge in [0.25, 0.3) is 0 Å². The van der Waals surface area contributed by atoms with Crippen LogP contribution in [0.5, 0.6) is 0 Å². The van der Waals surface area contributed by atoms with E-state index in [4.69, 9.17) is 37.0 Å². The monoisotopic (exact) mass is 1430 g/mol. The summed E-state index contributed by atoms with van der Waals surface area (Å²) in [5, 5.41) is 10.6. The smallest absolute Gasteiger partial charge is 0.461 e. The fourth-order valence-corrected chi connectivity index (χ4v) is 10.2. The number of aliphatic hydroxyl groups is 1. The quantitative estimate of drug-likeness (QED) is 0.0169. The number of phosphoric ester groups is 2. The Kier molecular flexibility index (Phi) is 67.0. The molecule has 0 saturated heterocycles. The Morgan fingerprint density at radius 2 is 0.550 bits per heavy atom. The zero-order chi connectivity index (χ0) is 73.2. The number of aliphatic hydroxyl groups excluding tert-OH is 1. The molecule has 0 aromatic carbocycles. The van der Waals surface area contributed by atoms with Crippen molar-refractivity contribution in [2.75, 3.05) is 39.6 Å². The Hall–Kier alpha value is -6.10. The molecule has 0 rings (SSSR count). The summed E-state index contributed by atoms with van der Waals surface area (Å²) in [4.78, 5) is 72.6. The lowest BCUT2D eigenvalue weighted by molar-refractivity contribution is -0.161.